The van der Waals surface area contributed by atoms with Gasteiger partial charge in [0.1, 0.15) is 0 Å². The average molecular weight is 720 g/mol. The second-order valence-corrected chi connectivity index (χ2v) is 18.2. The molecular weight excluding hydrogens is 663 g/mol. The first-order valence-electron chi connectivity index (χ1n) is 18.8. The molecule has 2 saturated carbocycles. The molecule has 1 aliphatic heterocycles. The van der Waals surface area contributed by atoms with E-state index in [4.69, 9.17) is 9.47 Å². The molecule has 2 heterocycles. The maximum absolute atomic E-state index is 14.9. The second kappa shape index (κ2) is 13.9. The Morgan fingerprint density at radius 2 is 1.80 bits per heavy atom. The molecule has 51 heavy (non-hydrogen) atoms. The van der Waals surface area contributed by atoms with E-state index in [-0.39, 0.29) is 30.1 Å². The van der Waals surface area contributed by atoms with Crippen LogP contribution in [0.1, 0.15) is 130 Å². The zero-order valence-corrected chi connectivity index (χ0v) is 32.4. The molecular formula is C42H57NO7S. The number of ketones is 1. The number of benzene rings is 1. The zero-order valence-electron chi connectivity index (χ0n) is 31.6. The van der Waals surface area contributed by atoms with Gasteiger partial charge in [0.05, 0.1) is 28.5 Å². The Kier molecular flexibility index (Phi) is 10.3. The van der Waals surface area contributed by atoms with Gasteiger partial charge >= 0.3 is 5.97 Å². The fourth-order valence-corrected chi connectivity index (χ4v) is 10.7. The van der Waals surface area contributed by atoms with Crippen molar-refractivity contribution in [2.24, 2.45) is 16.2 Å². The number of rotatable bonds is 9. The van der Waals surface area contributed by atoms with Gasteiger partial charge in [0.15, 0.2) is 5.60 Å². The molecule has 4 bridgehead atoms. The number of fused-ring (bicyclic) bond motifs is 10. The van der Waals surface area contributed by atoms with E-state index in [1.165, 1.54) is 16.9 Å². The highest BCUT2D eigenvalue weighted by atomic mass is 32.1. The summed E-state index contributed by atoms with van der Waals surface area (Å²) in [4.78, 5) is 45.9. The lowest BCUT2D eigenvalue weighted by Crippen LogP contribution is -2.60. The van der Waals surface area contributed by atoms with Crippen LogP contribution in [0.5, 0.6) is 0 Å². The average Bonchev–Trinajstić information content (AvgIpc) is 3.73. The van der Waals surface area contributed by atoms with Crippen molar-refractivity contribution in [1.82, 2.24) is 4.90 Å². The van der Waals surface area contributed by atoms with Crippen LogP contribution in [-0.4, -0.2) is 76.9 Å². The van der Waals surface area contributed by atoms with Gasteiger partial charge in [-0.15, -0.1) is 11.3 Å². The number of thiophene rings is 1. The minimum absolute atomic E-state index is 0.0369. The van der Waals surface area contributed by atoms with Gasteiger partial charge in [0, 0.05) is 41.5 Å². The molecule has 1 amide bonds. The first-order valence-corrected chi connectivity index (χ1v) is 19.7. The smallest absolute Gasteiger partial charge is 0.313 e. The van der Waals surface area contributed by atoms with E-state index in [0.29, 0.717) is 81.4 Å². The van der Waals surface area contributed by atoms with Crippen molar-refractivity contribution in [2.45, 2.75) is 129 Å². The standard InChI is InChI=1S/C42H57NO7S/c1-27-10-8-18-39(5)33(31-15-13-29(24-30(44)14-11-27)25-32(31)35(45)34-16-12-28(2)51-34)17-19-41(39,48)26-43(22-9-23-49-7)36(46)42-21-20-40(6,37(47)50-42)38(42,3)4/h10,12-13,15-16,25,30,33,44,48H,8-9,11,14,17-24,26H2,1-7H3. The number of ether oxygens (including phenoxy) is 2. The van der Waals surface area contributed by atoms with Crippen molar-refractivity contribution < 1.29 is 34.1 Å². The van der Waals surface area contributed by atoms with Gasteiger partial charge < -0.3 is 24.6 Å². The van der Waals surface area contributed by atoms with Gasteiger partial charge in [0.25, 0.3) is 5.91 Å². The van der Waals surface area contributed by atoms with Gasteiger partial charge in [-0.1, -0.05) is 44.6 Å². The number of hydrogen-bond donors (Lipinski definition) is 2. The van der Waals surface area contributed by atoms with E-state index in [1.54, 1.807) is 12.0 Å². The quantitative estimate of drug-likeness (QED) is 0.121. The van der Waals surface area contributed by atoms with Gasteiger partial charge in [-0.25, -0.2) is 0 Å². The molecule has 0 radical (unpaired) electrons. The SMILES string of the molecule is COCCCN(CC1(O)CCC2c3ccc(cc3C(=O)c3ccc(C)s3)CC(O)CCC(C)=CCCC21C)C(=O)C12CCC(C)(C(=O)O1)C2(C)C. The van der Waals surface area contributed by atoms with Crippen molar-refractivity contribution in [3.8, 4) is 0 Å². The Bertz CT molecular complexity index is 1710. The third kappa shape index (κ3) is 6.24. The molecule has 8 nitrogen and oxygen atoms in total. The highest BCUT2D eigenvalue weighted by Crippen LogP contribution is 2.66. The van der Waals surface area contributed by atoms with Crippen molar-refractivity contribution >= 4 is 29.0 Å². The molecule has 1 aromatic heterocycles. The van der Waals surface area contributed by atoms with E-state index in [0.717, 1.165) is 22.4 Å². The van der Waals surface area contributed by atoms with E-state index in [1.807, 2.05) is 52.0 Å². The van der Waals surface area contributed by atoms with Gasteiger partial charge in [0.2, 0.25) is 5.78 Å². The fraction of sp³-hybridized carbons (Fsp3) is 0.643. The molecule has 9 heteroatoms. The maximum atomic E-state index is 14.9. The lowest BCUT2D eigenvalue weighted by atomic mass is 9.64. The van der Waals surface area contributed by atoms with Gasteiger partial charge in [-0.3, -0.25) is 14.4 Å². The number of carbonyl (C=O) groups excluding carboxylic acids is 3. The second-order valence-electron chi connectivity index (χ2n) is 16.9. The summed E-state index contributed by atoms with van der Waals surface area (Å²) in [5.41, 5.74) is -1.09. The Morgan fingerprint density at radius 3 is 2.45 bits per heavy atom. The number of aliphatic hydroxyl groups is 2. The van der Waals surface area contributed by atoms with Crippen LogP contribution in [0.4, 0.5) is 0 Å². The van der Waals surface area contributed by atoms with Crippen LogP contribution >= 0.6 is 11.3 Å². The number of hydrogen-bond acceptors (Lipinski definition) is 8. The molecule has 2 aromatic rings. The number of carbonyl (C=O) groups is 3. The molecule has 4 aliphatic carbocycles. The van der Waals surface area contributed by atoms with E-state index in [9.17, 15) is 24.6 Å². The third-order valence-electron chi connectivity index (χ3n) is 13.8. The number of aryl methyl sites for hydroxylation is 1. The zero-order chi connectivity index (χ0) is 37.0. The van der Waals surface area contributed by atoms with Crippen LogP contribution in [0.25, 0.3) is 0 Å². The topological polar surface area (TPSA) is 113 Å². The highest BCUT2D eigenvalue weighted by Gasteiger charge is 2.76. The van der Waals surface area contributed by atoms with Crippen molar-refractivity contribution in [3.63, 3.8) is 0 Å². The molecule has 7 rings (SSSR count). The number of esters is 1. The Labute approximate surface area is 307 Å². The molecule has 6 atom stereocenters. The third-order valence-corrected chi connectivity index (χ3v) is 14.8. The molecule has 2 N–H and O–H groups in total. The maximum Gasteiger partial charge on any atom is 0.313 e. The molecule has 278 valence electrons. The lowest BCUT2D eigenvalue weighted by Gasteiger charge is -2.47. The number of nitrogens with zero attached hydrogens (tertiary/aromatic N) is 1. The highest BCUT2D eigenvalue weighted by molar-refractivity contribution is 7.14. The molecule has 1 saturated heterocycles. The summed E-state index contributed by atoms with van der Waals surface area (Å²) < 4.78 is 11.5. The van der Waals surface area contributed by atoms with Crippen LogP contribution < -0.4 is 0 Å². The first kappa shape index (κ1) is 37.9. The van der Waals surface area contributed by atoms with Crippen LogP contribution in [-0.2, 0) is 25.5 Å². The fourth-order valence-electron chi connectivity index (χ4n) is 9.83. The van der Waals surface area contributed by atoms with E-state index >= 15 is 0 Å². The van der Waals surface area contributed by atoms with E-state index < -0.39 is 33.6 Å². The number of amides is 1. The Balaban J connectivity index is 1.42. The number of allylic oxidation sites excluding steroid dienone is 2. The lowest BCUT2D eigenvalue weighted by molar-refractivity contribution is -0.177. The summed E-state index contributed by atoms with van der Waals surface area (Å²) in [6.07, 6.45) is 7.63. The monoisotopic (exact) mass is 719 g/mol. The van der Waals surface area contributed by atoms with Crippen molar-refractivity contribution in [1.29, 1.82) is 0 Å². The van der Waals surface area contributed by atoms with Gasteiger partial charge in [-0.2, -0.15) is 0 Å². The summed E-state index contributed by atoms with van der Waals surface area (Å²) in [7, 11) is 1.64. The van der Waals surface area contributed by atoms with Crippen LogP contribution in [0.2, 0.25) is 0 Å². The predicted octanol–water partition coefficient (Wildman–Crippen LogP) is 7.31. The Morgan fingerprint density at radius 1 is 1.04 bits per heavy atom. The minimum atomic E-state index is -1.29. The Hall–Kier alpha value is -2.85. The predicted molar refractivity (Wildman–Crippen MR) is 199 cm³/mol. The van der Waals surface area contributed by atoms with Crippen molar-refractivity contribution in [2.75, 3.05) is 26.8 Å². The summed E-state index contributed by atoms with van der Waals surface area (Å²) in [5.74, 6) is -0.757. The summed E-state index contributed by atoms with van der Waals surface area (Å²) in [6.45, 7) is 13.0. The van der Waals surface area contributed by atoms with Crippen LogP contribution in [0.15, 0.2) is 42.0 Å². The molecule has 0 spiro atoms. The number of aliphatic hydroxyl groups excluding tert-OH is 1. The van der Waals surface area contributed by atoms with Gasteiger partial charge in [-0.05, 0) is 120 Å². The summed E-state index contributed by atoms with van der Waals surface area (Å²) in [5, 5.41) is 24.1. The summed E-state index contributed by atoms with van der Waals surface area (Å²) >= 11 is 1.48. The van der Waals surface area contributed by atoms with Crippen LogP contribution in [0.3, 0.4) is 0 Å². The largest absolute Gasteiger partial charge is 0.448 e. The molecule has 3 fully saturated rings. The summed E-state index contributed by atoms with van der Waals surface area (Å²) in [6, 6.07) is 9.91. The van der Waals surface area contributed by atoms with E-state index in [2.05, 4.69) is 26.0 Å². The minimum Gasteiger partial charge on any atom is -0.448 e. The number of methoxy groups -OCH3 is 1. The van der Waals surface area contributed by atoms with Crippen molar-refractivity contribution in [3.05, 3.63) is 68.4 Å². The molecule has 5 aliphatic rings. The normalized spacial score (nSPS) is 33.0. The first-order chi connectivity index (χ1) is 24.0. The van der Waals surface area contributed by atoms with Crippen LogP contribution in [0, 0.1) is 23.2 Å². The molecule has 6 unspecified atom stereocenters. The molecule has 1 aromatic carbocycles.